The van der Waals surface area contributed by atoms with Crippen LogP contribution in [0.15, 0.2) is 59.7 Å². The first-order valence-corrected chi connectivity index (χ1v) is 10.2. The lowest BCUT2D eigenvalue weighted by molar-refractivity contribution is 0.306. The minimum Gasteiger partial charge on any atom is -0.507 e. The molecular weight excluding hydrogens is 376 g/mol. The van der Waals surface area contributed by atoms with Crippen LogP contribution >= 0.6 is 0 Å². The van der Waals surface area contributed by atoms with Crippen molar-refractivity contribution in [3.05, 3.63) is 65.9 Å². The van der Waals surface area contributed by atoms with Gasteiger partial charge in [-0.15, -0.1) is 0 Å². The predicted octanol–water partition coefficient (Wildman–Crippen LogP) is 5.20. The van der Waals surface area contributed by atoms with Gasteiger partial charge in [0.05, 0.1) is 18.4 Å². The predicted molar refractivity (Wildman–Crippen MR) is 121 cm³/mol. The van der Waals surface area contributed by atoms with Crippen molar-refractivity contribution in [2.24, 2.45) is 5.10 Å². The Labute approximate surface area is 177 Å². The van der Waals surface area contributed by atoms with Gasteiger partial charge in [-0.2, -0.15) is 5.10 Å². The van der Waals surface area contributed by atoms with Crippen LogP contribution in [0.25, 0.3) is 11.4 Å². The van der Waals surface area contributed by atoms with E-state index >= 15 is 0 Å². The third kappa shape index (κ3) is 5.80. The summed E-state index contributed by atoms with van der Waals surface area (Å²) in [6.45, 7) is 4.82. The van der Waals surface area contributed by atoms with Crippen molar-refractivity contribution >= 4 is 12.0 Å². The monoisotopic (exact) mass is 404 g/mol. The van der Waals surface area contributed by atoms with Gasteiger partial charge in [-0.25, -0.2) is 9.97 Å². The van der Waals surface area contributed by atoms with E-state index in [1.807, 2.05) is 50.4 Å². The summed E-state index contributed by atoms with van der Waals surface area (Å²) in [5, 5.41) is 16.3. The van der Waals surface area contributed by atoms with E-state index in [0.717, 1.165) is 30.0 Å². The van der Waals surface area contributed by atoms with E-state index in [4.69, 9.17) is 4.74 Å². The lowest BCUT2D eigenvalue weighted by Gasteiger charge is -2.14. The van der Waals surface area contributed by atoms with Gasteiger partial charge in [0.1, 0.15) is 11.5 Å². The van der Waals surface area contributed by atoms with Crippen LogP contribution in [-0.2, 0) is 0 Å². The fourth-order valence-electron chi connectivity index (χ4n) is 2.91. The van der Waals surface area contributed by atoms with E-state index in [1.165, 1.54) is 12.8 Å². The lowest BCUT2D eigenvalue weighted by atomic mass is 10.2. The first-order valence-electron chi connectivity index (χ1n) is 10.2. The quantitative estimate of drug-likeness (QED) is 0.302. The molecule has 0 fully saturated rings. The van der Waals surface area contributed by atoms with Crippen molar-refractivity contribution in [1.29, 1.82) is 0 Å². The molecule has 0 aliphatic heterocycles. The number of anilines is 1. The van der Waals surface area contributed by atoms with Crippen molar-refractivity contribution in [1.82, 2.24) is 9.97 Å². The molecule has 0 radical (unpaired) electrons. The molecule has 3 aromatic rings. The number of phenolic OH excluding ortho intramolecular Hbond substituents is 1. The maximum Gasteiger partial charge on any atom is 0.165 e. The van der Waals surface area contributed by atoms with E-state index in [2.05, 4.69) is 22.0 Å². The maximum absolute atomic E-state index is 10.1. The van der Waals surface area contributed by atoms with Gasteiger partial charge >= 0.3 is 0 Å². The summed E-state index contributed by atoms with van der Waals surface area (Å²) in [7, 11) is 1.83. The molecule has 30 heavy (non-hydrogen) atoms. The molecule has 3 rings (SSSR count). The van der Waals surface area contributed by atoms with Gasteiger partial charge in [0, 0.05) is 18.8 Å². The molecule has 6 nitrogen and oxygen atoms in total. The Bertz CT molecular complexity index is 987. The molecule has 0 saturated heterocycles. The van der Waals surface area contributed by atoms with Crippen LogP contribution in [0.3, 0.4) is 0 Å². The summed E-state index contributed by atoms with van der Waals surface area (Å²) in [5.41, 5.74) is 2.36. The fourth-order valence-corrected chi connectivity index (χ4v) is 2.91. The van der Waals surface area contributed by atoms with Crippen LogP contribution in [0.4, 0.5) is 5.82 Å². The first-order chi connectivity index (χ1) is 14.6. The summed E-state index contributed by atoms with van der Waals surface area (Å²) >= 11 is 0. The van der Waals surface area contributed by atoms with E-state index in [-0.39, 0.29) is 5.75 Å². The summed E-state index contributed by atoms with van der Waals surface area (Å²) < 4.78 is 5.74. The van der Waals surface area contributed by atoms with Crippen LogP contribution in [0.2, 0.25) is 0 Å². The average molecular weight is 405 g/mol. The standard InChI is InChI=1S/C24H28N4O2/c1-4-5-8-15-30-20-13-11-19(12-14-20)17-25-28(3)23-16-18(2)26-24(27-23)21-9-6-7-10-22(21)29/h6-7,9-14,16-17,29H,4-5,8,15H2,1-3H3/b25-17-. The first kappa shape index (κ1) is 21.3. The van der Waals surface area contributed by atoms with E-state index < -0.39 is 0 Å². The highest BCUT2D eigenvalue weighted by Crippen LogP contribution is 2.27. The molecule has 0 aliphatic rings. The third-order valence-electron chi connectivity index (χ3n) is 4.59. The second kappa shape index (κ2) is 10.4. The molecule has 0 spiro atoms. The molecule has 0 bridgehead atoms. The summed E-state index contributed by atoms with van der Waals surface area (Å²) in [6, 6.07) is 16.8. The van der Waals surface area contributed by atoms with Gasteiger partial charge in [-0.1, -0.05) is 31.9 Å². The van der Waals surface area contributed by atoms with Crippen molar-refractivity contribution in [2.75, 3.05) is 18.7 Å². The molecule has 2 aromatic carbocycles. The Hall–Kier alpha value is -3.41. The summed E-state index contributed by atoms with van der Waals surface area (Å²) in [6.07, 6.45) is 5.22. The van der Waals surface area contributed by atoms with Crippen LogP contribution < -0.4 is 9.75 Å². The number of nitrogens with zero attached hydrogens (tertiary/aromatic N) is 4. The zero-order valence-corrected chi connectivity index (χ0v) is 17.7. The fraction of sp³-hybridized carbons (Fsp3) is 0.292. The largest absolute Gasteiger partial charge is 0.507 e. The van der Waals surface area contributed by atoms with Crippen molar-refractivity contribution in [3.8, 4) is 22.9 Å². The van der Waals surface area contributed by atoms with Gasteiger partial charge < -0.3 is 9.84 Å². The number of ether oxygens (including phenoxy) is 1. The van der Waals surface area contributed by atoms with Crippen molar-refractivity contribution in [3.63, 3.8) is 0 Å². The number of aromatic hydroxyl groups is 1. The molecule has 0 unspecified atom stereocenters. The van der Waals surface area contributed by atoms with E-state index in [0.29, 0.717) is 17.2 Å². The van der Waals surface area contributed by atoms with Crippen LogP contribution in [0, 0.1) is 6.92 Å². The summed E-state index contributed by atoms with van der Waals surface area (Å²) in [4.78, 5) is 9.01. The Morgan fingerprint density at radius 1 is 1.07 bits per heavy atom. The zero-order valence-electron chi connectivity index (χ0n) is 17.7. The number of hydrazone groups is 1. The average Bonchev–Trinajstić information content (AvgIpc) is 2.76. The number of hydrogen-bond acceptors (Lipinski definition) is 6. The smallest absolute Gasteiger partial charge is 0.165 e. The topological polar surface area (TPSA) is 70.8 Å². The molecule has 156 valence electrons. The molecular formula is C24H28N4O2. The highest BCUT2D eigenvalue weighted by atomic mass is 16.5. The molecule has 1 N–H and O–H groups in total. The minimum atomic E-state index is 0.150. The Morgan fingerprint density at radius 3 is 2.57 bits per heavy atom. The SMILES string of the molecule is CCCCCOc1ccc(/C=N\N(C)c2cc(C)nc(-c3ccccc3O)n2)cc1. The lowest BCUT2D eigenvalue weighted by Crippen LogP contribution is -2.12. The molecule has 0 aliphatic carbocycles. The number of rotatable bonds is 9. The Kier molecular flexibility index (Phi) is 7.38. The number of hydrogen-bond donors (Lipinski definition) is 1. The van der Waals surface area contributed by atoms with Crippen molar-refractivity contribution < 1.29 is 9.84 Å². The summed E-state index contributed by atoms with van der Waals surface area (Å²) in [5.74, 6) is 2.13. The van der Waals surface area contributed by atoms with E-state index in [9.17, 15) is 5.11 Å². The van der Waals surface area contributed by atoms with Gasteiger partial charge in [0.15, 0.2) is 11.6 Å². The van der Waals surface area contributed by atoms with Gasteiger partial charge in [-0.05, 0) is 55.3 Å². The number of aryl methyl sites for hydroxylation is 1. The maximum atomic E-state index is 10.1. The second-order valence-electron chi connectivity index (χ2n) is 7.10. The number of aromatic nitrogens is 2. The van der Waals surface area contributed by atoms with Crippen LogP contribution in [0.1, 0.15) is 37.4 Å². The van der Waals surface area contributed by atoms with Gasteiger partial charge in [0.2, 0.25) is 0 Å². The van der Waals surface area contributed by atoms with Crippen LogP contribution in [0.5, 0.6) is 11.5 Å². The van der Waals surface area contributed by atoms with Crippen LogP contribution in [-0.4, -0.2) is 34.9 Å². The molecule has 1 heterocycles. The molecule has 6 heteroatoms. The highest BCUT2D eigenvalue weighted by Gasteiger charge is 2.11. The van der Waals surface area contributed by atoms with Gasteiger partial charge in [0.25, 0.3) is 0 Å². The Balaban J connectivity index is 1.69. The zero-order chi connectivity index (χ0) is 21.3. The minimum absolute atomic E-state index is 0.150. The number of phenols is 1. The number of benzene rings is 2. The molecule has 0 saturated carbocycles. The molecule has 0 atom stereocenters. The number of para-hydroxylation sites is 1. The normalized spacial score (nSPS) is 11.0. The highest BCUT2D eigenvalue weighted by molar-refractivity contribution is 5.80. The third-order valence-corrected chi connectivity index (χ3v) is 4.59. The second-order valence-corrected chi connectivity index (χ2v) is 7.10. The Morgan fingerprint density at radius 2 is 1.83 bits per heavy atom. The molecule has 0 amide bonds. The van der Waals surface area contributed by atoms with Gasteiger partial charge in [-0.3, -0.25) is 5.01 Å². The molecule has 1 aromatic heterocycles. The number of unbranched alkanes of at least 4 members (excludes halogenated alkanes) is 2. The van der Waals surface area contributed by atoms with E-state index in [1.54, 1.807) is 29.4 Å². The van der Waals surface area contributed by atoms with Crippen molar-refractivity contribution in [2.45, 2.75) is 33.1 Å².